The molecule has 1 rings (SSSR count). The lowest BCUT2D eigenvalue weighted by atomic mass is 10.4. The first kappa shape index (κ1) is 15.2. The van der Waals surface area contributed by atoms with Crippen molar-refractivity contribution in [2.45, 2.75) is 20.3 Å². The molecule has 7 heteroatoms. The predicted octanol–water partition coefficient (Wildman–Crippen LogP) is 1.09. The van der Waals surface area contributed by atoms with Crippen molar-refractivity contribution >= 4 is 11.9 Å². The Morgan fingerprint density at radius 3 is 2.89 bits per heavy atom. The smallest absolute Gasteiger partial charge is 0.329 e. The maximum atomic E-state index is 10.2. The summed E-state index contributed by atoms with van der Waals surface area (Å²) in [4.78, 5) is 18.6. The van der Waals surface area contributed by atoms with E-state index in [4.69, 9.17) is 14.6 Å². The molecule has 0 fully saturated rings. The van der Waals surface area contributed by atoms with Gasteiger partial charge in [0.2, 0.25) is 11.8 Å². The van der Waals surface area contributed by atoms with Crippen LogP contribution < -0.4 is 10.1 Å². The van der Waals surface area contributed by atoms with E-state index in [1.807, 2.05) is 13.8 Å². The predicted molar refractivity (Wildman–Crippen MR) is 69.5 cm³/mol. The monoisotopic (exact) mass is 269 g/mol. The molecule has 0 radical (unpaired) electrons. The van der Waals surface area contributed by atoms with Crippen LogP contribution in [0.15, 0.2) is 6.07 Å². The number of rotatable bonds is 9. The van der Waals surface area contributed by atoms with Crippen LogP contribution in [0.4, 0.5) is 5.95 Å². The van der Waals surface area contributed by atoms with E-state index in [1.165, 1.54) is 0 Å². The largest absolute Gasteiger partial charge is 0.480 e. The number of nitrogens with zero attached hydrogens (tertiary/aromatic N) is 2. The standard InChI is InChI=1S/C12H19N3O4/c1-3-5-19-10-7-9(2)14-12(15-10)13-4-6-18-8-11(16)17/h7H,3-6,8H2,1-2H3,(H,16,17)(H,13,14,15). The zero-order valence-corrected chi connectivity index (χ0v) is 11.2. The SMILES string of the molecule is CCCOc1cc(C)nc(NCCOCC(=O)O)n1. The Balaban J connectivity index is 2.40. The van der Waals surface area contributed by atoms with Crippen molar-refractivity contribution in [3.05, 3.63) is 11.8 Å². The van der Waals surface area contributed by atoms with Gasteiger partial charge in [0.25, 0.3) is 0 Å². The van der Waals surface area contributed by atoms with Crippen LogP contribution in [-0.4, -0.2) is 47.4 Å². The van der Waals surface area contributed by atoms with Gasteiger partial charge < -0.3 is 19.9 Å². The van der Waals surface area contributed by atoms with Gasteiger partial charge in [0.15, 0.2) is 0 Å². The van der Waals surface area contributed by atoms with Gasteiger partial charge in [-0.05, 0) is 13.3 Å². The molecule has 1 heterocycles. The van der Waals surface area contributed by atoms with Crippen molar-refractivity contribution in [2.75, 3.05) is 31.7 Å². The number of nitrogens with one attached hydrogen (secondary N) is 1. The van der Waals surface area contributed by atoms with Gasteiger partial charge >= 0.3 is 5.97 Å². The molecule has 0 spiro atoms. The van der Waals surface area contributed by atoms with E-state index in [2.05, 4.69) is 15.3 Å². The molecule has 19 heavy (non-hydrogen) atoms. The number of carbonyl (C=O) groups is 1. The quantitative estimate of drug-likeness (QED) is 0.648. The summed E-state index contributed by atoms with van der Waals surface area (Å²) >= 11 is 0. The maximum Gasteiger partial charge on any atom is 0.329 e. The van der Waals surface area contributed by atoms with E-state index in [0.29, 0.717) is 25.0 Å². The van der Waals surface area contributed by atoms with E-state index >= 15 is 0 Å². The minimum atomic E-state index is -0.984. The number of anilines is 1. The average molecular weight is 269 g/mol. The number of ether oxygens (including phenoxy) is 2. The van der Waals surface area contributed by atoms with Crippen molar-refractivity contribution in [1.82, 2.24) is 9.97 Å². The highest BCUT2D eigenvalue weighted by atomic mass is 16.5. The van der Waals surface area contributed by atoms with E-state index in [-0.39, 0.29) is 13.2 Å². The topological polar surface area (TPSA) is 93.6 Å². The molecular formula is C12H19N3O4. The Labute approximate surface area is 112 Å². The minimum absolute atomic E-state index is 0.273. The molecule has 7 nitrogen and oxygen atoms in total. The van der Waals surface area contributed by atoms with Crippen molar-refractivity contribution in [2.24, 2.45) is 0 Å². The zero-order valence-electron chi connectivity index (χ0n) is 11.2. The summed E-state index contributed by atoms with van der Waals surface area (Å²) in [7, 11) is 0. The summed E-state index contributed by atoms with van der Waals surface area (Å²) in [5, 5.41) is 11.4. The second-order valence-corrected chi connectivity index (χ2v) is 3.89. The van der Waals surface area contributed by atoms with Crippen LogP contribution in [0.2, 0.25) is 0 Å². The highest BCUT2D eigenvalue weighted by molar-refractivity contribution is 5.67. The number of hydrogen-bond donors (Lipinski definition) is 2. The maximum absolute atomic E-state index is 10.2. The highest BCUT2D eigenvalue weighted by Gasteiger charge is 2.03. The number of aliphatic carboxylic acids is 1. The van der Waals surface area contributed by atoms with Crippen LogP contribution in [0, 0.1) is 6.92 Å². The molecule has 0 unspecified atom stereocenters. The number of hydrogen-bond acceptors (Lipinski definition) is 6. The molecule has 2 N–H and O–H groups in total. The van der Waals surface area contributed by atoms with Crippen LogP contribution in [0.1, 0.15) is 19.0 Å². The van der Waals surface area contributed by atoms with E-state index in [9.17, 15) is 4.79 Å². The molecular weight excluding hydrogens is 250 g/mol. The molecule has 106 valence electrons. The van der Waals surface area contributed by atoms with Gasteiger partial charge in [-0.1, -0.05) is 6.92 Å². The molecule has 0 saturated heterocycles. The second-order valence-electron chi connectivity index (χ2n) is 3.89. The number of carboxylic acids is 1. The van der Waals surface area contributed by atoms with Gasteiger partial charge in [0.1, 0.15) is 6.61 Å². The van der Waals surface area contributed by atoms with Gasteiger partial charge in [-0.3, -0.25) is 0 Å². The normalized spacial score (nSPS) is 10.2. The lowest BCUT2D eigenvalue weighted by Crippen LogP contribution is -2.15. The molecule has 1 aromatic rings. The highest BCUT2D eigenvalue weighted by Crippen LogP contribution is 2.11. The van der Waals surface area contributed by atoms with E-state index < -0.39 is 5.97 Å². The Morgan fingerprint density at radius 1 is 1.42 bits per heavy atom. The third-order valence-electron chi connectivity index (χ3n) is 2.04. The first-order valence-corrected chi connectivity index (χ1v) is 6.13. The molecule has 0 amide bonds. The summed E-state index contributed by atoms with van der Waals surface area (Å²) in [6.45, 7) is 4.89. The van der Waals surface area contributed by atoms with Crippen LogP contribution in [-0.2, 0) is 9.53 Å². The molecule has 0 aromatic carbocycles. The lowest BCUT2D eigenvalue weighted by molar-refractivity contribution is -0.142. The minimum Gasteiger partial charge on any atom is -0.480 e. The Kier molecular flexibility index (Phi) is 6.59. The second kappa shape index (κ2) is 8.25. The Hall–Kier alpha value is -1.89. The van der Waals surface area contributed by atoms with Crippen LogP contribution in [0.25, 0.3) is 0 Å². The molecule has 1 aromatic heterocycles. The van der Waals surface area contributed by atoms with Crippen LogP contribution in [0.3, 0.4) is 0 Å². The van der Waals surface area contributed by atoms with Gasteiger partial charge in [-0.15, -0.1) is 0 Å². The third-order valence-corrected chi connectivity index (χ3v) is 2.04. The Morgan fingerprint density at radius 2 is 2.21 bits per heavy atom. The van der Waals surface area contributed by atoms with Crippen LogP contribution >= 0.6 is 0 Å². The number of aromatic nitrogens is 2. The van der Waals surface area contributed by atoms with Crippen molar-refractivity contribution < 1.29 is 19.4 Å². The molecule has 0 aliphatic rings. The first-order valence-electron chi connectivity index (χ1n) is 6.13. The average Bonchev–Trinajstić information content (AvgIpc) is 2.35. The fourth-order valence-corrected chi connectivity index (χ4v) is 1.29. The Bertz CT molecular complexity index is 412. The molecule has 0 aliphatic heterocycles. The van der Waals surface area contributed by atoms with Crippen molar-refractivity contribution in [3.8, 4) is 5.88 Å². The molecule has 0 aliphatic carbocycles. The van der Waals surface area contributed by atoms with Gasteiger partial charge in [0.05, 0.1) is 13.2 Å². The summed E-state index contributed by atoms with van der Waals surface area (Å²) < 4.78 is 10.3. The summed E-state index contributed by atoms with van der Waals surface area (Å²) in [6, 6.07) is 1.77. The van der Waals surface area contributed by atoms with E-state index in [0.717, 1.165) is 12.1 Å². The fourth-order valence-electron chi connectivity index (χ4n) is 1.29. The van der Waals surface area contributed by atoms with Crippen molar-refractivity contribution in [1.29, 1.82) is 0 Å². The van der Waals surface area contributed by atoms with Gasteiger partial charge in [-0.2, -0.15) is 4.98 Å². The van der Waals surface area contributed by atoms with Gasteiger partial charge in [0, 0.05) is 18.3 Å². The number of carboxylic acid groups (broad SMARTS) is 1. The van der Waals surface area contributed by atoms with Crippen LogP contribution in [0.5, 0.6) is 5.88 Å². The van der Waals surface area contributed by atoms with Crippen molar-refractivity contribution in [3.63, 3.8) is 0 Å². The molecule has 0 bridgehead atoms. The summed E-state index contributed by atoms with van der Waals surface area (Å²) in [5.41, 5.74) is 0.801. The third kappa shape index (κ3) is 6.56. The molecule has 0 atom stereocenters. The zero-order chi connectivity index (χ0) is 14.1. The lowest BCUT2D eigenvalue weighted by Gasteiger charge is -2.08. The van der Waals surface area contributed by atoms with Gasteiger partial charge in [-0.25, -0.2) is 9.78 Å². The fraction of sp³-hybridized carbons (Fsp3) is 0.583. The number of aryl methyl sites for hydroxylation is 1. The summed E-state index contributed by atoms with van der Waals surface area (Å²) in [5.74, 6) is -0.00427. The van der Waals surface area contributed by atoms with E-state index in [1.54, 1.807) is 6.07 Å². The molecule has 0 saturated carbocycles. The summed E-state index contributed by atoms with van der Waals surface area (Å²) in [6.07, 6.45) is 0.912. The first-order chi connectivity index (χ1) is 9.11.